The predicted octanol–water partition coefficient (Wildman–Crippen LogP) is 3.42. The first-order valence-electron chi connectivity index (χ1n) is 6.42. The van der Waals surface area contributed by atoms with Gasteiger partial charge in [-0.2, -0.15) is 5.10 Å². The van der Waals surface area contributed by atoms with E-state index in [1.165, 1.54) is 0 Å². The van der Waals surface area contributed by atoms with Crippen LogP contribution in [0.25, 0.3) is 0 Å². The molecule has 0 saturated carbocycles. The number of anilines is 2. The number of hydrogen-bond acceptors (Lipinski definition) is 3. The van der Waals surface area contributed by atoms with Gasteiger partial charge in [-0.25, -0.2) is 0 Å². The molecule has 7 heteroatoms. The van der Waals surface area contributed by atoms with E-state index in [-0.39, 0.29) is 12.3 Å². The zero-order valence-electron chi connectivity index (χ0n) is 11.8. The van der Waals surface area contributed by atoms with Gasteiger partial charge in [-0.1, -0.05) is 23.2 Å². The maximum atomic E-state index is 12.0. The van der Waals surface area contributed by atoms with E-state index >= 15 is 0 Å². The summed E-state index contributed by atoms with van der Waals surface area (Å²) >= 11 is 12.1. The quantitative estimate of drug-likeness (QED) is 0.845. The van der Waals surface area contributed by atoms with Crippen molar-refractivity contribution < 1.29 is 4.79 Å². The van der Waals surface area contributed by atoms with Crippen LogP contribution in [0.5, 0.6) is 0 Å². The van der Waals surface area contributed by atoms with Gasteiger partial charge in [0, 0.05) is 24.3 Å². The van der Waals surface area contributed by atoms with Crippen LogP contribution >= 0.6 is 23.2 Å². The first-order chi connectivity index (χ1) is 9.86. The summed E-state index contributed by atoms with van der Waals surface area (Å²) in [4.78, 5) is 12.0. The summed E-state index contributed by atoms with van der Waals surface area (Å²) in [6.07, 6.45) is 0.277. The van der Waals surface area contributed by atoms with Crippen LogP contribution in [0, 0.1) is 13.8 Å². The van der Waals surface area contributed by atoms with Crippen molar-refractivity contribution in [1.82, 2.24) is 9.78 Å². The molecule has 0 atom stereocenters. The smallest absolute Gasteiger partial charge is 0.226 e. The predicted molar refractivity (Wildman–Crippen MR) is 85.8 cm³/mol. The number of aryl methyl sites for hydroxylation is 3. The van der Waals surface area contributed by atoms with Gasteiger partial charge in [-0.3, -0.25) is 9.48 Å². The summed E-state index contributed by atoms with van der Waals surface area (Å²) in [7, 11) is 0. The van der Waals surface area contributed by atoms with Crippen LogP contribution in [0.4, 0.5) is 11.4 Å². The summed E-state index contributed by atoms with van der Waals surface area (Å²) in [6, 6.07) is 5.06. The molecule has 1 amide bonds. The Hall–Kier alpha value is -1.72. The molecule has 0 aliphatic rings. The van der Waals surface area contributed by atoms with Gasteiger partial charge in [0.2, 0.25) is 5.91 Å². The van der Waals surface area contributed by atoms with Crippen LogP contribution in [0.2, 0.25) is 10.0 Å². The number of aromatic nitrogens is 2. The molecule has 1 aromatic heterocycles. The SMILES string of the molecule is Cc1cc(C)n(CCC(=O)Nc2c(Cl)cc(N)cc2Cl)n1. The highest BCUT2D eigenvalue weighted by Gasteiger charge is 2.11. The van der Waals surface area contributed by atoms with Crippen LogP contribution in [0.3, 0.4) is 0 Å². The second-order valence-corrected chi connectivity index (χ2v) is 5.62. The van der Waals surface area contributed by atoms with Crippen molar-refractivity contribution in [2.75, 3.05) is 11.1 Å². The number of carbonyl (C=O) groups excluding carboxylic acids is 1. The van der Waals surface area contributed by atoms with Crippen molar-refractivity contribution in [3.8, 4) is 0 Å². The lowest BCUT2D eigenvalue weighted by Crippen LogP contribution is -2.16. The third-order valence-electron chi connectivity index (χ3n) is 2.98. The lowest BCUT2D eigenvalue weighted by Gasteiger charge is -2.10. The van der Waals surface area contributed by atoms with E-state index in [1.807, 2.05) is 19.9 Å². The highest BCUT2D eigenvalue weighted by atomic mass is 35.5. The van der Waals surface area contributed by atoms with Crippen molar-refractivity contribution in [3.63, 3.8) is 0 Å². The molecule has 112 valence electrons. The molecule has 0 radical (unpaired) electrons. The van der Waals surface area contributed by atoms with E-state index in [0.717, 1.165) is 11.4 Å². The Morgan fingerprint density at radius 1 is 1.29 bits per heavy atom. The third kappa shape index (κ3) is 3.89. The van der Waals surface area contributed by atoms with E-state index in [4.69, 9.17) is 28.9 Å². The Balaban J connectivity index is 2.01. The van der Waals surface area contributed by atoms with E-state index in [2.05, 4.69) is 10.4 Å². The largest absolute Gasteiger partial charge is 0.399 e. The lowest BCUT2D eigenvalue weighted by atomic mass is 10.2. The van der Waals surface area contributed by atoms with Crippen molar-refractivity contribution in [2.45, 2.75) is 26.8 Å². The highest BCUT2D eigenvalue weighted by Crippen LogP contribution is 2.32. The van der Waals surface area contributed by atoms with Crippen LogP contribution in [-0.4, -0.2) is 15.7 Å². The molecule has 2 rings (SSSR count). The molecule has 0 unspecified atom stereocenters. The first kappa shape index (κ1) is 15.7. The van der Waals surface area contributed by atoms with Crippen LogP contribution in [0.15, 0.2) is 18.2 Å². The van der Waals surface area contributed by atoms with Crippen LogP contribution in [0.1, 0.15) is 17.8 Å². The van der Waals surface area contributed by atoms with E-state index in [9.17, 15) is 4.79 Å². The molecule has 1 heterocycles. The van der Waals surface area contributed by atoms with Gasteiger partial charge < -0.3 is 11.1 Å². The van der Waals surface area contributed by atoms with Gasteiger partial charge in [-0.05, 0) is 32.0 Å². The molecule has 0 saturated heterocycles. The second kappa shape index (κ2) is 6.37. The second-order valence-electron chi connectivity index (χ2n) is 4.81. The number of amides is 1. The van der Waals surface area contributed by atoms with Gasteiger partial charge in [0.1, 0.15) is 0 Å². The number of rotatable bonds is 4. The Morgan fingerprint density at radius 3 is 2.43 bits per heavy atom. The fraction of sp³-hybridized carbons (Fsp3) is 0.286. The third-order valence-corrected chi connectivity index (χ3v) is 3.58. The minimum absolute atomic E-state index is 0.184. The van der Waals surface area contributed by atoms with Gasteiger partial charge in [0.15, 0.2) is 0 Å². The summed E-state index contributed by atoms with van der Waals surface area (Å²) in [5.41, 5.74) is 8.40. The van der Waals surface area contributed by atoms with Crippen molar-refractivity contribution in [1.29, 1.82) is 0 Å². The number of nitrogens with two attached hydrogens (primary N) is 1. The fourth-order valence-electron chi connectivity index (χ4n) is 2.02. The number of nitrogens with one attached hydrogen (secondary N) is 1. The standard InChI is InChI=1S/C14H16Cl2N4O/c1-8-5-9(2)20(19-8)4-3-13(21)18-14-11(15)6-10(17)7-12(14)16/h5-7H,3-4,17H2,1-2H3,(H,18,21). The number of halogens is 2. The molecule has 1 aromatic carbocycles. The van der Waals surface area contributed by atoms with E-state index in [0.29, 0.717) is 28.0 Å². The Labute approximate surface area is 133 Å². The summed E-state index contributed by atoms with van der Waals surface area (Å²) in [5.74, 6) is -0.184. The zero-order chi connectivity index (χ0) is 15.6. The zero-order valence-corrected chi connectivity index (χ0v) is 13.3. The lowest BCUT2D eigenvalue weighted by molar-refractivity contribution is -0.116. The molecule has 0 bridgehead atoms. The van der Waals surface area contributed by atoms with Gasteiger partial charge >= 0.3 is 0 Å². The van der Waals surface area contributed by atoms with Gasteiger partial charge in [-0.15, -0.1) is 0 Å². The van der Waals surface area contributed by atoms with Gasteiger partial charge in [0.25, 0.3) is 0 Å². The number of nitrogens with zero attached hydrogens (tertiary/aromatic N) is 2. The number of carbonyl (C=O) groups is 1. The maximum absolute atomic E-state index is 12.0. The molecular weight excluding hydrogens is 311 g/mol. The Bertz CT molecular complexity index is 659. The Morgan fingerprint density at radius 2 is 1.90 bits per heavy atom. The summed E-state index contributed by atoms with van der Waals surface area (Å²) < 4.78 is 1.79. The normalized spacial score (nSPS) is 10.7. The van der Waals surface area contributed by atoms with E-state index in [1.54, 1.807) is 16.8 Å². The topological polar surface area (TPSA) is 72.9 Å². The van der Waals surface area contributed by atoms with Crippen LogP contribution < -0.4 is 11.1 Å². The first-order valence-corrected chi connectivity index (χ1v) is 7.18. The molecule has 3 N–H and O–H groups in total. The molecular formula is C14H16Cl2N4O. The van der Waals surface area contributed by atoms with E-state index < -0.39 is 0 Å². The van der Waals surface area contributed by atoms with Crippen LogP contribution in [-0.2, 0) is 11.3 Å². The maximum Gasteiger partial charge on any atom is 0.226 e. The molecule has 5 nitrogen and oxygen atoms in total. The fourth-order valence-corrected chi connectivity index (χ4v) is 2.62. The molecule has 0 spiro atoms. The average Bonchev–Trinajstić information content (AvgIpc) is 2.69. The summed E-state index contributed by atoms with van der Waals surface area (Å²) in [5, 5.41) is 7.64. The number of benzene rings is 1. The number of nitrogen functional groups attached to an aromatic ring is 1. The molecule has 0 aliphatic heterocycles. The minimum atomic E-state index is -0.184. The molecule has 21 heavy (non-hydrogen) atoms. The minimum Gasteiger partial charge on any atom is -0.399 e. The van der Waals surface area contributed by atoms with Crippen molar-refractivity contribution in [3.05, 3.63) is 39.6 Å². The monoisotopic (exact) mass is 326 g/mol. The molecule has 0 aliphatic carbocycles. The van der Waals surface area contributed by atoms with Gasteiger partial charge in [0.05, 0.1) is 21.4 Å². The van der Waals surface area contributed by atoms with Crippen molar-refractivity contribution in [2.24, 2.45) is 0 Å². The van der Waals surface area contributed by atoms with Crippen molar-refractivity contribution >= 4 is 40.5 Å². The highest BCUT2D eigenvalue weighted by molar-refractivity contribution is 6.40. The number of hydrogen-bond donors (Lipinski definition) is 2. The molecule has 0 fully saturated rings. The molecule has 2 aromatic rings. The Kier molecular flexibility index (Phi) is 4.75. The average molecular weight is 327 g/mol. The summed E-state index contributed by atoms with van der Waals surface area (Å²) in [6.45, 7) is 4.36.